The minimum absolute atomic E-state index is 0.472. The molecule has 0 aliphatic heterocycles. The second-order valence-electron chi connectivity index (χ2n) is 6.70. The highest BCUT2D eigenvalue weighted by molar-refractivity contribution is 9.10. The number of halogens is 2. The van der Waals surface area contributed by atoms with Crippen LogP contribution in [0.2, 0.25) is 0 Å². The van der Waals surface area contributed by atoms with Crippen molar-refractivity contribution in [2.24, 2.45) is 0 Å². The molecule has 0 aliphatic carbocycles. The molecule has 5 heteroatoms. The molecule has 3 nitrogen and oxygen atoms in total. The summed E-state index contributed by atoms with van der Waals surface area (Å²) < 4.78 is 4.32. The maximum atomic E-state index is 10.6. The summed E-state index contributed by atoms with van der Waals surface area (Å²) in [7, 11) is 0. The van der Waals surface area contributed by atoms with Gasteiger partial charge in [0, 0.05) is 43.8 Å². The van der Waals surface area contributed by atoms with Gasteiger partial charge in [0.05, 0.1) is 12.6 Å². The van der Waals surface area contributed by atoms with E-state index in [9.17, 15) is 5.11 Å². The number of hydrogen-bond donors (Lipinski definition) is 2. The summed E-state index contributed by atoms with van der Waals surface area (Å²) in [5.41, 5.74) is 3.48. The summed E-state index contributed by atoms with van der Waals surface area (Å²) >= 11 is 7.15. The zero-order valence-electron chi connectivity index (χ0n) is 14.7. The Balaban J connectivity index is 1.57. The Bertz CT molecular complexity index is 1020. The molecule has 0 fully saturated rings. The smallest absolute Gasteiger partial charge is 0.0843 e. The molecule has 138 valence electrons. The van der Waals surface area contributed by atoms with Gasteiger partial charge in [0.2, 0.25) is 0 Å². The molecule has 0 saturated heterocycles. The van der Waals surface area contributed by atoms with Crippen molar-refractivity contribution < 1.29 is 5.11 Å². The van der Waals surface area contributed by atoms with Crippen LogP contribution in [-0.4, -0.2) is 22.3 Å². The van der Waals surface area contributed by atoms with E-state index < -0.39 is 6.10 Å². The first-order chi connectivity index (χ1) is 13.1. The molecule has 0 unspecified atom stereocenters. The molecule has 1 atom stereocenters. The monoisotopic (exact) mass is 486 g/mol. The number of benzene rings is 3. The lowest BCUT2D eigenvalue weighted by Gasteiger charge is -2.15. The van der Waals surface area contributed by atoms with Crippen LogP contribution < -0.4 is 5.32 Å². The van der Waals surface area contributed by atoms with Gasteiger partial charge in [0.15, 0.2) is 0 Å². The molecule has 0 aliphatic rings. The number of fused-ring (bicyclic) bond motifs is 3. The lowest BCUT2D eigenvalue weighted by molar-refractivity contribution is 0.154. The fraction of sp³-hybridized carbons (Fsp3) is 0.182. The molecule has 0 saturated carbocycles. The van der Waals surface area contributed by atoms with E-state index in [0.29, 0.717) is 13.1 Å². The van der Waals surface area contributed by atoms with Gasteiger partial charge in [-0.1, -0.05) is 62.2 Å². The summed E-state index contributed by atoms with van der Waals surface area (Å²) in [6.07, 6.45) is -0.472. The number of rotatable bonds is 6. The van der Waals surface area contributed by atoms with Crippen molar-refractivity contribution in [1.29, 1.82) is 0 Å². The van der Waals surface area contributed by atoms with Crippen LogP contribution in [0.3, 0.4) is 0 Å². The fourth-order valence-corrected chi connectivity index (χ4v) is 4.22. The Kier molecular flexibility index (Phi) is 5.64. The molecule has 2 N–H and O–H groups in total. The van der Waals surface area contributed by atoms with E-state index in [2.05, 4.69) is 78.1 Å². The van der Waals surface area contributed by atoms with Gasteiger partial charge in [0.1, 0.15) is 0 Å². The van der Waals surface area contributed by atoms with Crippen LogP contribution >= 0.6 is 31.9 Å². The van der Waals surface area contributed by atoms with Crippen LogP contribution in [0.4, 0.5) is 0 Å². The molecule has 4 rings (SSSR count). The van der Waals surface area contributed by atoms with Gasteiger partial charge < -0.3 is 15.0 Å². The van der Waals surface area contributed by atoms with Gasteiger partial charge in [-0.05, 0) is 42.0 Å². The molecular formula is C22H20Br2N2O. The first-order valence-corrected chi connectivity index (χ1v) is 10.5. The second kappa shape index (κ2) is 8.15. The number of aromatic nitrogens is 1. The van der Waals surface area contributed by atoms with Crippen molar-refractivity contribution in [3.05, 3.63) is 81.2 Å². The molecule has 1 aromatic heterocycles. The van der Waals surface area contributed by atoms with Crippen LogP contribution in [0, 0.1) is 0 Å². The van der Waals surface area contributed by atoms with Gasteiger partial charge in [-0.25, -0.2) is 0 Å². The van der Waals surface area contributed by atoms with Crippen molar-refractivity contribution in [3.8, 4) is 0 Å². The number of aliphatic hydroxyl groups excluding tert-OH is 1. The van der Waals surface area contributed by atoms with Crippen molar-refractivity contribution >= 4 is 53.7 Å². The SMILES string of the molecule is O[C@@H](CNCc1ccccc1)Cn1c2ccc(Br)cc2c2cc(Br)ccc21. The number of aliphatic hydroxyl groups is 1. The third-order valence-corrected chi connectivity index (χ3v) is 5.72. The molecule has 27 heavy (non-hydrogen) atoms. The predicted molar refractivity (Wildman–Crippen MR) is 119 cm³/mol. The first kappa shape index (κ1) is 18.7. The maximum Gasteiger partial charge on any atom is 0.0843 e. The topological polar surface area (TPSA) is 37.2 Å². The van der Waals surface area contributed by atoms with Gasteiger partial charge in [0.25, 0.3) is 0 Å². The minimum atomic E-state index is -0.472. The summed E-state index contributed by atoms with van der Waals surface area (Å²) in [4.78, 5) is 0. The molecule has 0 radical (unpaired) electrons. The summed E-state index contributed by atoms with van der Waals surface area (Å²) in [5, 5.41) is 16.3. The van der Waals surface area contributed by atoms with E-state index in [4.69, 9.17) is 0 Å². The van der Waals surface area contributed by atoms with Crippen molar-refractivity contribution in [2.45, 2.75) is 19.2 Å². The Hall–Kier alpha value is -1.66. The first-order valence-electron chi connectivity index (χ1n) is 8.91. The predicted octanol–water partition coefficient (Wildman–Crippen LogP) is 5.47. The lowest BCUT2D eigenvalue weighted by atomic mass is 10.2. The van der Waals surface area contributed by atoms with Crippen molar-refractivity contribution in [1.82, 2.24) is 9.88 Å². The van der Waals surface area contributed by atoms with Gasteiger partial charge in [-0.2, -0.15) is 0 Å². The van der Waals surface area contributed by atoms with Crippen LogP contribution in [-0.2, 0) is 13.1 Å². The van der Waals surface area contributed by atoms with E-state index in [1.165, 1.54) is 16.3 Å². The summed E-state index contributed by atoms with van der Waals surface area (Å²) in [6, 6.07) is 22.8. The highest BCUT2D eigenvalue weighted by Gasteiger charge is 2.14. The number of nitrogens with zero attached hydrogens (tertiary/aromatic N) is 1. The van der Waals surface area contributed by atoms with Crippen LogP contribution in [0.15, 0.2) is 75.7 Å². The van der Waals surface area contributed by atoms with E-state index >= 15 is 0 Å². The second-order valence-corrected chi connectivity index (χ2v) is 8.54. The molecule has 1 heterocycles. The van der Waals surface area contributed by atoms with Crippen LogP contribution in [0.5, 0.6) is 0 Å². The third-order valence-electron chi connectivity index (χ3n) is 4.73. The largest absolute Gasteiger partial charge is 0.390 e. The molecule has 4 aromatic rings. The number of nitrogens with one attached hydrogen (secondary N) is 1. The highest BCUT2D eigenvalue weighted by Crippen LogP contribution is 2.33. The molecule has 0 spiro atoms. The number of hydrogen-bond acceptors (Lipinski definition) is 2. The molecule has 3 aromatic carbocycles. The molecular weight excluding hydrogens is 468 g/mol. The quantitative estimate of drug-likeness (QED) is 0.378. The Morgan fingerprint density at radius 3 is 2.04 bits per heavy atom. The molecule has 0 amide bonds. The average Bonchev–Trinajstić information content (AvgIpc) is 2.95. The standard InChI is InChI=1S/C22H20Br2N2O/c23-16-6-8-21-19(10-16)20-11-17(24)7-9-22(20)26(21)14-18(27)13-25-12-15-4-2-1-3-5-15/h1-11,18,25,27H,12-14H2/t18-/m0/s1. The average molecular weight is 488 g/mol. The Morgan fingerprint density at radius 1 is 0.852 bits per heavy atom. The zero-order chi connectivity index (χ0) is 18.8. The van der Waals surface area contributed by atoms with Crippen molar-refractivity contribution in [2.75, 3.05) is 6.54 Å². The van der Waals surface area contributed by atoms with Crippen LogP contribution in [0.25, 0.3) is 21.8 Å². The summed E-state index contributed by atoms with van der Waals surface area (Å²) in [6.45, 7) is 1.85. The normalized spacial score (nSPS) is 12.7. The Labute approximate surface area is 175 Å². The van der Waals surface area contributed by atoms with E-state index in [-0.39, 0.29) is 0 Å². The van der Waals surface area contributed by atoms with E-state index in [1.807, 2.05) is 30.3 Å². The lowest BCUT2D eigenvalue weighted by Crippen LogP contribution is -2.29. The van der Waals surface area contributed by atoms with E-state index in [1.54, 1.807) is 0 Å². The van der Waals surface area contributed by atoms with Gasteiger partial charge >= 0.3 is 0 Å². The van der Waals surface area contributed by atoms with Crippen molar-refractivity contribution in [3.63, 3.8) is 0 Å². The van der Waals surface area contributed by atoms with E-state index in [0.717, 1.165) is 26.5 Å². The zero-order valence-corrected chi connectivity index (χ0v) is 17.9. The van der Waals surface area contributed by atoms with Gasteiger partial charge in [-0.3, -0.25) is 0 Å². The summed E-state index contributed by atoms with van der Waals surface area (Å²) in [5.74, 6) is 0. The van der Waals surface area contributed by atoms with Gasteiger partial charge in [-0.15, -0.1) is 0 Å². The Morgan fingerprint density at radius 2 is 1.44 bits per heavy atom. The fourth-order valence-electron chi connectivity index (χ4n) is 3.50. The molecule has 0 bridgehead atoms. The highest BCUT2D eigenvalue weighted by atomic mass is 79.9. The van der Waals surface area contributed by atoms with Crippen LogP contribution in [0.1, 0.15) is 5.56 Å². The maximum absolute atomic E-state index is 10.6. The third kappa shape index (κ3) is 4.11. The minimum Gasteiger partial charge on any atom is -0.390 e.